The highest BCUT2D eigenvalue weighted by atomic mass is 16.5. The van der Waals surface area contributed by atoms with E-state index in [4.69, 9.17) is 10.5 Å². The molecule has 0 aliphatic heterocycles. The van der Waals surface area contributed by atoms with E-state index in [0.717, 1.165) is 32.2 Å². The average Bonchev–Trinajstić information content (AvgIpc) is 2.08. The fraction of sp³-hybridized carbons (Fsp3) is 0.909. The van der Waals surface area contributed by atoms with E-state index in [-0.39, 0.29) is 11.6 Å². The Kier molecular flexibility index (Phi) is 7.13. The van der Waals surface area contributed by atoms with E-state index in [1.165, 1.54) is 0 Å². The summed E-state index contributed by atoms with van der Waals surface area (Å²) >= 11 is 0. The largest absolute Gasteiger partial charge is 0.450 e. The van der Waals surface area contributed by atoms with Crippen molar-refractivity contribution in [2.75, 3.05) is 13.2 Å². The lowest BCUT2D eigenvalue weighted by Crippen LogP contribution is -2.41. The van der Waals surface area contributed by atoms with E-state index in [0.29, 0.717) is 6.61 Å². The normalized spacial score (nSPS) is 11.2. The second-order valence-electron chi connectivity index (χ2n) is 4.71. The van der Waals surface area contributed by atoms with Gasteiger partial charge in [0.05, 0.1) is 6.61 Å². The highest BCUT2D eigenvalue weighted by Crippen LogP contribution is 2.01. The van der Waals surface area contributed by atoms with E-state index >= 15 is 0 Å². The standard InChI is InChI=1S/C11H24N2O2/c1-11(2,3)13-10(14)15-9-7-5-4-6-8-12/h4-9,12H2,1-3H3,(H,13,14). The first-order chi connectivity index (χ1) is 6.95. The molecule has 0 unspecified atom stereocenters. The molecule has 0 fully saturated rings. The number of nitrogens with one attached hydrogen (secondary N) is 1. The minimum atomic E-state index is -0.332. The molecule has 0 aromatic heterocycles. The van der Waals surface area contributed by atoms with E-state index in [1.54, 1.807) is 0 Å². The van der Waals surface area contributed by atoms with Gasteiger partial charge in [-0.05, 0) is 40.2 Å². The number of carbonyl (C=O) groups is 1. The van der Waals surface area contributed by atoms with Crippen LogP contribution in [0.5, 0.6) is 0 Å². The van der Waals surface area contributed by atoms with Crippen molar-refractivity contribution in [1.82, 2.24) is 5.32 Å². The summed E-state index contributed by atoms with van der Waals surface area (Å²) in [5.41, 5.74) is 5.14. The van der Waals surface area contributed by atoms with Crippen molar-refractivity contribution in [3.05, 3.63) is 0 Å². The van der Waals surface area contributed by atoms with E-state index in [9.17, 15) is 4.79 Å². The minimum absolute atomic E-state index is 0.226. The lowest BCUT2D eigenvalue weighted by molar-refractivity contribution is 0.135. The van der Waals surface area contributed by atoms with Gasteiger partial charge in [-0.1, -0.05) is 12.8 Å². The molecule has 0 rings (SSSR count). The van der Waals surface area contributed by atoms with Gasteiger partial charge in [0.2, 0.25) is 0 Å². The number of hydrogen-bond acceptors (Lipinski definition) is 3. The van der Waals surface area contributed by atoms with E-state index in [1.807, 2.05) is 20.8 Å². The van der Waals surface area contributed by atoms with Crippen LogP contribution in [0.3, 0.4) is 0 Å². The predicted octanol–water partition coefficient (Wildman–Crippen LogP) is 2.03. The third-order valence-electron chi connectivity index (χ3n) is 1.81. The maximum atomic E-state index is 11.2. The predicted molar refractivity (Wildman–Crippen MR) is 61.8 cm³/mol. The monoisotopic (exact) mass is 216 g/mol. The molecule has 4 heteroatoms. The molecule has 0 radical (unpaired) electrons. The molecule has 0 atom stereocenters. The van der Waals surface area contributed by atoms with Crippen molar-refractivity contribution < 1.29 is 9.53 Å². The summed E-state index contributed by atoms with van der Waals surface area (Å²) in [7, 11) is 0. The summed E-state index contributed by atoms with van der Waals surface area (Å²) in [5, 5.41) is 2.74. The van der Waals surface area contributed by atoms with Gasteiger partial charge in [-0.15, -0.1) is 0 Å². The lowest BCUT2D eigenvalue weighted by Gasteiger charge is -2.19. The summed E-state index contributed by atoms with van der Waals surface area (Å²) in [6, 6.07) is 0. The Balaban J connectivity index is 3.32. The Morgan fingerprint density at radius 3 is 2.33 bits per heavy atom. The van der Waals surface area contributed by atoms with Gasteiger partial charge in [-0.25, -0.2) is 4.79 Å². The molecular formula is C11H24N2O2. The number of alkyl carbamates (subject to hydrolysis) is 1. The number of amides is 1. The van der Waals surface area contributed by atoms with E-state index < -0.39 is 0 Å². The highest BCUT2D eigenvalue weighted by molar-refractivity contribution is 5.67. The average molecular weight is 216 g/mol. The van der Waals surface area contributed by atoms with Crippen LogP contribution in [0.15, 0.2) is 0 Å². The third kappa shape index (κ3) is 11.2. The molecule has 90 valence electrons. The molecule has 0 saturated carbocycles. The fourth-order valence-electron chi connectivity index (χ4n) is 1.11. The SMILES string of the molecule is CC(C)(C)NC(=O)OCCCCCCN. The summed E-state index contributed by atoms with van der Waals surface area (Å²) < 4.78 is 5.02. The topological polar surface area (TPSA) is 64.3 Å². The van der Waals surface area contributed by atoms with Gasteiger partial charge in [0.15, 0.2) is 0 Å². The molecule has 0 aliphatic carbocycles. The second kappa shape index (κ2) is 7.51. The summed E-state index contributed by atoms with van der Waals surface area (Å²) in [6.07, 6.45) is 3.81. The van der Waals surface area contributed by atoms with Crippen molar-refractivity contribution in [2.24, 2.45) is 5.73 Å². The molecule has 15 heavy (non-hydrogen) atoms. The summed E-state index contributed by atoms with van der Waals surface area (Å²) in [5.74, 6) is 0. The van der Waals surface area contributed by atoms with Crippen molar-refractivity contribution >= 4 is 6.09 Å². The number of unbranched alkanes of at least 4 members (excludes halogenated alkanes) is 3. The molecule has 0 aromatic rings. The summed E-state index contributed by atoms with van der Waals surface area (Å²) in [4.78, 5) is 11.2. The molecular weight excluding hydrogens is 192 g/mol. The van der Waals surface area contributed by atoms with Crippen LogP contribution in [-0.4, -0.2) is 24.8 Å². The Morgan fingerprint density at radius 2 is 1.80 bits per heavy atom. The molecule has 3 N–H and O–H groups in total. The first kappa shape index (κ1) is 14.2. The zero-order valence-electron chi connectivity index (χ0n) is 10.1. The van der Waals surface area contributed by atoms with Gasteiger partial charge in [0.25, 0.3) is 0 Å². The number of nitrogens with two attached hydrogens (primary N) is 1. The number of ether oxygens (including phenoxy) is 1. The lowest BCUT2D eigenvalue weighted by atomic mass is 10.1. The van der Waals surface area contributed by atoms with Crippen molar-refractivity contribution in [2.45, 2.75) is 52.0 Å². The Labute approximate surface area is 92.6 Å². The molecule has 0 saturated heterocycles. The Hall–Kier alpha value is -0.770. The van der Waals surface area contributed by atoms with Gasteiger partial charge in [-0.2, -0.15) is 0 Å². The van der Waals surface area contributed by atoms with Crippen LogP contribution in [0.4, 0.5) is 4.79 Å². The maximum absolute atomic E-state index is 11.2. The highest BCUT2D eigenvalue weighted by Gasteiger charge is 2.13. The van der Waals surface area contributed by atoms with E-state index in [2.05, 4.69) is 5.32 Å². The van der Waals surface area contributed by atoms with Crippen LogP contribution in [0, 0.1) is 0 Å². The zero-order valence-corrected chi connectivity index (χ0v) is 10.1. The molecule has 4 nitrogen and oxygen atoms in total. The van der Waals surface area contributed by atoms with Crippen LogP contribution in [0.25, 0.3) is 0 Å². The first-order valence-corrected chi connectivity index (χ1v) is 5.61. The first-order valence-electron chi connectivity index (χ1n) is 5.61. The molecule has 0 bridgehead atoms. The number of carbonyl (C=O) groups excluding carboxylic acids is 1. The third-order valence-corrected chi connectivity index (χ3v) is 1.81. The van der Waals surface area contributed by atoms with Crippen LogP contribution in [0.2, 0.25) is 0 Å². The van der Waals surface area contributed by atoms with Gasteiger partial charge in [-0.3, -0.25) is 0 Å². The van der Waals surface area contributed by atoms with Crippen LogP contribution in [-0.2, 0) is 4.74 Å². The van der Waals surface area contributed by atoms with Gasteiger partial charge in [0.1, 0.15) is 0 Å². The number of hydrogen-bond donors (Lipinski definition) is 2. The van der Waals surface area contributed by atoms with Crippen molar-refractivity contribution in [1.29, 1.82) is 0 Å². The van der Waals surface area contributed by atoms with Crippen LogP contribution in [0.1, 0.15) is 46.5 Å². The molecule has 0 spiro atoms. The minimum Gasteiger partial charge on any atom is -0.450 e. The maximum Gasteiger partial charge on any atom is 0.407 e. The number of rotatable bonds is 6. The van der Waals surface area contributed by atoms with Crippen LogP contribution >= 0.6 is 0 Å². The Bertz CT molecular complexity index is 176. The fourth-order valence-corrected chi connectivity index (χ4v) is 1.11. The van der Waals surface area contributed by atoms with Crippen molar-refractivity contribution in [3.63, 3.8) is 0 Å². The van der Waals surface area contributed by atoms with Crippen molar-refractivity contribution in [3.8, 4) is 0 Å². The molecule has 0 aromatic carbocycles. The molecule has 0 aliphatic rings. The Morgan fingerprint density at radius 1 is 1.20 bits per heavy atom. The van der Waals surface area contributed by atoms with Gasteiger partial charge >= 0.3 is 6.09 Å². The van der Waals surface area contributed by atoms with Crippen LogP contribution < -0.4 is 11.1 Å². The molecule has 0 heterocycles. The van der Waals surface area contributed by atoms with Gasteiger partial charge < -0.3 is 15.8 Å². The van der Waals surface area contributed by atoms with Gasteiger partial charge in [0, 0.05) is 5.54 Å². The molecule has 1 amide bonds. The summed E-state index contributed by atoms with van der Waals surface area (Å²) in [6.45, 7) is 7.01. The smallest absolute Gasteiger partial charge is 0.407 e. The second-order valence-corrected chi connectivity index (χ2v) is 4.71. The zero-order chi connectivity index (χ0) is 11.7. The quantitative estimate of drug-likeness (QED) is 0.668.